The van der Waals surface area contributed by atoms with E-state index in [1.807, 2.05) is 0 Å². The van der Waals surface area contributed by atoms with E-state index in [1.165, 1.54) is 6.21 Å². The largest absolute Gasteiger partial charge is 0.394 e. The Morgan fingerprint density at radius 2 is 2.04 bits per heavy atom. The Morgan fingerprint density at radius 1 is 1.29 bits per heavy atom. The average molecular weight is 360 g/mol. The summed E-state index contributed by atoms with van der Waals surface area (Å²) < 4.78 is 5.13. The number of amides is 2. The highest BCUT2D eigenvalue weighted by molar-refractivity contribution is 6.30. The molecule has 24 heavy (non-hydrogen) atoms. The molecule has 1 aliphatic heterocycles. The number of nitrogens with one attached hydrogen (secondary N) is 2. The van der Waals surface area contributed by atoms with Gasteiger partial charge in [0.2, 0.25) is 0 Å². The molecule has 0 spiro atoms. The number of hydrazone groups is 1. The molecule has 1 fully saturated rings. The maximum Gasteiger partial charge on any atom is 0.337 e. The van der Waals surface area contributed by atoms with E-state index in [2.05, 4.69) is 15.8 Å². The van der Waals surface area contributed by atoms with Gasteiger partial charge in [0.25, 0.3) is 0 Å². The fourth-order valence-electron chi connectivity index (χ4n) is 2.13. The standard InChI is InChI=1S/C14H18ClN3O6/c15-8-3-1-2-7(4-8)5-16-18-14(23)17-13-12(22)11(21)10(20)9(6-19)24-13/h1-5,9-13,19-22H,6H2,(H2,17,18,23)/b16-5+/t9-,10-,11+,12-,13-/m1/s1. The third-order valence-corrected chi connectivity index (χ3v) is 3.63. The molecule has 0 saturated carbocycles. The Hall–Kier alpha value is -1.75. The Kier molecular flexibility index (Phi) is 6.49. The maximum atomic E-state index is 11.7. The van der Waals surface area contributed by atoms with Gasteiger partial charge in [0.05, 0.1) is 12.8 Å². The molecule has 1 aliphatic rings. The zero-order chi connectivity index (χ0) is 17.7. The number of carbonyl (C=O) groups excluding carboxylic acids is 1. The van der Waals surface area contributed by atoms with Crippen LogP contribution in [0, 0.1) is 0 Å². The lowest BCUT2D eigenvalue weighted by molar-refractivity contribution is -0.233. The molecule has 2 rings (SSSR count). The summed E-state index contributed by atoms with van der Waals surface area (Å²) in [5, 5.41) is 44.6. The molecule has 9 nitrogen and oxygen atoms in total. The number of urea groups is 1. The molecule has 1 aromatic rings. The van der Waals surface area contributed by atoms with Crippen LogP contribution in [0.25, 0.3) is 0 Å². The average Bonchev–Trinajstić information content (AvgIpc) is 2.55. The SMILES string of the molecule is O=C(N/N=C/c1cccc(Cl)c1)N[C@@H]1O[C@H](CO)[C@@H](O)[C@H](O)[C@H]1O. The van der Waals surface area contributed by atoms with Crippen molar-refractivity contribution >= 4 is 23.8 Å². The van der Waals surface area contributed by atoms with Crippen molar-refractivity contribution in [3.63, 3.8) is 0 Å². The first-order valence-electron chi connectivity index (χ1n) is 7.08. The van der Waals surface area contributed by atoms with Crippen molar-refractivity contribution in [2.24, 2.45) is 5.10 Å². The smallest absolute Gasteiger partial charge is 0.337 e. The van der Waals surface area contributed by atoms with Gasteiger partial charge in [0.15, 0.2) is 6.23 Å². The number of halogens is 1. The Morgan fingerprint density at radius 3 is 2.71 bits per heavy atom. The molecule has 5 atom stereocenters. The molecule has 1 saturated heterocycles. The third-order valence-electron chi connectivity index (χ3n) is 3.39. The lowest BCUT2D eigenvalue weighted by Gasteiger charge is -2.39. The van der Waals surface area contributed by atoms with Gasteiger partial charge in [0.1, 0.15) is 24.4 Å². The monoisotopic (exact) mass is 359 g/mol. The van der Waals surface area contributed by atoms with E-state index in [1.54, 1.807) is 24.3 Å². The quantitative estimate of drug-likeness (QED) is 0.293. The number of hydrogen-bond donors (Lipinski definition) is 6. The van der Waals surface area contributed by atoms with Gasteiger partial charge in [-0.15, -0.1) is 0 Å². The summed E-state index contributed by atoms with van der Waals surface area (Å²) in [4.78, 5) is 11.7. The van der Waals surface area contributed by atoms with Crippen LogP contribution in [0.1, 0.15) is 5.56 Å². The minimum atomic E-state index is -1.57. The predicted octanol–water partition coefficient (Wildman–Crippen LogP) is -1.23. The minimum absolute atomic E-state index is 0.518. The van der Waals surface area contributed by atoms with Crippen LogP contribution in [0.5, 0.6) is 0 Å². The van der Waals surface area contributed by atoms with E-state index in [9.17, 15) is 20.1 Å². The molecule has 0 aromatic heterocycles. The molecule has 132 valence electrons. The Bertz CT molecular complexity index is 600. The topological polar surface area (TPSA) is 144 Å². The summed E-state index contributed by atoms with van der Waals surface area (Å²) >= 11 is 5.81. The molecule has 1 aromatic carbocycles. The Labute approximate surface area is 142 Å². The first-order chi connectivity index (χ1) is 11.4. The minimum Gasteiger partial charge on any atom is -0.394 e. The Balaban J connectivity index is 1.89. The number of hydrogen-bond acceptors (Lipinski definition) is 7. The molecule has 1 heterocycles. The summed E-state index contributed by atoms with van der Waals surface area (Å²) in [6, 6.07) is 5.97. The van der Waals surface area contributed by atoms with E-state index >= 15 is 0 Å². The fourth-order valence-corrected chi connectivity index (χ4v) is 2.33. The zero-order valence-electron chi connectivity index (χ0n) is 12.4. The second-order valence-corrected chi connectivity index (χ2v) is 5.58. The molecule has 0 aliphatic carbocycles. The van der Waals surface area contributed by atoms with Crippen LogP contribution in [-0.2, 0) is 4.74 Å². The van der Waals surface area contributed by atoms with Crippen molar-refractivity contribution in [2.45, 2.75) is 30.6 Å². The van der Waals surface area contributed by atoms with Gasteiger partial charge < -0.3 is 30.5 Å². The summed E-state index contributed by atoms with van der Waals surface area (Å²) in [7, 11) is 0. The van der Waals surface area contributed by atoms with Crippen LogP contribution in [-0.4, -0.2) is 69.9 Å². The number of nitrogens with zero attached hydrogens (tertiary/aromatic N) is 1. The second-order valence-electron chi connectivity index (χ2n) is 5.15. The number of ether oxygens (including phenoxy) is 1. The van der Waals surface area contributed by atoms with E-state index in [4.69, 9.17) is 21.4 Å². The van der Waals surface area contributed by atoms with Gasteiger partial charge in [-0.3, -0.25) is 0 Å². The highest BCUT2D eigenvalue weighted by atomic mass is 35.5. The van der Waals surface area contributed by atoms with Crippen molar-refractivity contribution in [3.8, 4) is 0 Å². The summed E-state index contributed by atoms with van der Waals surface area (Å²) in [6.45, 7) is -0.586. The van der Waals surface area contributed by atoms with Crippen molar-refractivity contribution in [2.75, 3.05) is 6.61 Å². The van der Waals surface area contributed by atoms with Crippen molar-refractivity contribution in [1.29, 1.82) is 0 Å². The fraction of sp³-hybridized carbons (Fsp3) is 0.429. The lowest BCUT2D eigenvalue weighted by Crippen LogP contribution is -2.63. The van der Waals surface area contributed by atoms with Gasteiger partial charge in [-0.25, -0.2) is 10.2 Å². The number of aliphatic hydroxyl groups is 4. The van der Waals surface area contributed by atoms with E-state index in [0.717, 1.165) is 0 Å². The van der Waals surface area contributed by atoms with Gasteiger partial charge in [-0.1, -0.05) is 23.7 Å². The number of aliphatic hydroxyl groups excluding tert-OH is 4. The van der Waals surface area contributed by atoms with Crippen LogP contribution in [0.15, 0.2) is 29.4 Å². The van der Waals surface area contributed by atoms with Crippen LogP contribution < -0.4 is 10.7 Å². The first-order valence-corrected chi connectivity index (χ1v) is 7.46. The van der Waals surface area contributed by atoms with Crippen molar-refractivity contribution in [3.05, 3.63) is 34.9 Å². The third kappa shape index (κ3) is 4.63. The number of carbonyl (C=O) groups is 1. The van der Waals surface area contributed by atoms with Gasteiger partial charge in [-0.2, -0.15) is 5.10 Å². The summed E-state index contributed by atoms with van der Waals surface area (Å²) in [5.41, 5.74) is 2.82. The number of rotatable bonds is 4. The van der Waals surface area contributed by atoms with Crippen LogP contribution >= 0.6 is 11.6 Å². The molecule has 6 N–H and O–H groups in total. The van der Waals surface area contributed by atoms with Crippen molar-refractivity contribution in [1.82, 2.24) is 10.7 Å². The van der Waals surface area contributed by atoms with Crippen LogP contribution in [0.3, 0.4) is 0 Å². The molecule has 0 unspecified atom stereocenters. The highest BCUT2D eigenvalue weighted by Gasteiger charge is 2.43. The second kappa shape index (κ2) is 8.38. The molecular formula is C14H18ClN3O6. The lowest BCUT2D eigenvalue weighted by atomic mass is 9.98. The van der Waals surface area contributed by atoms with Crippen LogP contribution in [0.2, 0.25) is 5.02 Å². The molecule has 10 heteroatoms. The van der Waals surface area contributed by atoms with Gasteiger partial charge >= 0.3 is 6.03 Å². The van der Waals surface area contributed by atoms with E-state index < -0.39 is 43.3 Å². The summed E-state index contributed by atoms with van der Waals surface area (Å²) in [5.74, 6) is 0. The molecule has 2 amide bonds. The van der Waals surface area contributed by atoms with Gasteiger partial charge in [0, 0.05) is 5.02 Å². The zero-order valence-corrected chi connectivity index (χ0v) is 13.2. The van der Waals surface area contributed by atoms with Crippen molar-refractivity contribution < 1.29 is 30.0 Å². The molecule has 0 radical (unpaired) electrons. The normalized spacial score (nSPS) is 30.3. The van der Waals surface area contributed by atoms with E-state index in [-0.39, 0.29) is 0 Å². The molecule has 0 bridgehead atoms. The molecular weight excluding hydrogens is 342 g/mol. The first kappa shape index (κ1) is 18.6. The van der Waals surface area contributed by atoms with Crippen LogP contribution in [0.4, 0.5) is 4.79 Å². The predicted molar refractivity (Wildman–Crippen MR) is 84.5 cm³/mol. The highest BCUT2D eigenvalue weighted by Crippen LogP contribution is 2.19. The van der Waals surface area contributed by atoms with E-state index in [0.29, 0.717) is 10.6 Å². The van der Waals surface area contributed by atoms with Gasteiger partial charge in [-0.05, 0) is 17.7 Å². The maximum absolute atomic E-state index is 11.7. The summed E-state index contributed by atoms with van der Waals surface area (Å²) in [6.07, 6.45) is -5.70. The number of benzene rings is 1.